The van der Waals surface area contributed by atoms with E-state index in [2.05, 4.69) is 29.1 Å². The van der Waals surface area contributed by atoms with E-state index in [1.54, 1.807) is 0 Å². The first-order valence-electron chi connectivity index (χ1n) is 4.42. The molecule has 1 N–H and O–H groups in total. The van der Waals surface area contributed by atoms with Crippen LogP contribution in [0.15, 0.2) is 12.3 Å². The SMILES string of the molecule is CCNCc1cc2n(c1)CCO2. The van der Waals surface area contributed by atoms with Crippen molar-refractivity contribution in [3.63, 3.8) is 0 Å². The molecule has 0 fully saturated rings. The molecule has 0 saturated heterocycles. The number of rotatable bonds is 3. The van der Waals surface area contributed by atoms with Gasteiger partial charge in [-0.25, -0.2) is 0 Å². The van der Waals surface area contributed by atoms with Crippen LogP contribution in [0.25, 0.3) is 0 Å². The number of hydrogen-bond acceptors (Lipinski definition) is 2. The van der Waals surface area contributed by atoms with Crippen molar-refractivity contribution in [3.05, 3.63) is 17.8 Å². The van der Waals surface area contributed by atoms with E-state index < -0.39 is 0 Å². The van der Waals surface area contributed by atoms with Crippen molar-refractivity contribution >= 4 is 0 Å². The third-order valence-electron chi connectivity index (χ3n) is 2.07. The van der Waals surface area contributed by atoms with Crippen LogP contribution in [-0.4, -0.2) is 17.7 Å². The monoisotopic (exact) mass is 166 g/mol. The molecule has 2 heterocycles. The summed E-state index contributed by atoms with van der Waals surface area (Å²) >= 11 is 0. The van der Waals surface area contributed by atoms with Crippen molar-refractivity contribution in [2.24, 2.45) is 0 Å². The van der Waals surface area contributed by atoms with Crippen molar-refractivity contribution in [3.8, 4) is 5.88 Å². The van der Waals surface area contributed by atoms with Gasteiger partial charge in [-0.05, 0) is 12.1 Å². The molecule has 3 nitrogen and oxygen atoms in total. The van der Waals surface area contributed by atoms with E-state index >= 15 is 0 Å². The summed E-state index contributed by atoms with van der Waals surface area (Å²) in [6.45, 7) is 5.90. The molecular formula is C9H14N2O. The van der Waals surface area contributed by atoms with Crippen molar-refractivity contribution in [2.45, 2.75) is 20.0 Å². The molecule has 0 radical (unpaired) electrons. The number of aromatic nitrogens is 1. The van der Waals surface area contributed by atoms with Gasteiger partial charge in [-0.1, -0.05) is 6.92 Å². The lowest BCUT2D eigenvalue weighted by Crippen LogP contribution is -2.11. The number of fused-ring (bicyclic) bond motifs is 1. The fourth-order valence-electron chi connectivity index (χ4n) is 1.46. The van der Waals surface area contributed by atoms with E-state index in [0.717, 1.165) is 32.1 Å². The van der Waals surface area contributed by atoms with Gasteiger partial charge in [-0.3, -0.25) is 0 Å². The predicted octanol–water partition coefficient (Wildman–Crippen LogP) is 0.990. The van der Waals surface area contributed by atoms with Crippen molar-refractivity contribution in [1.29, 1.82) is 0 Å². The lowest BCUT2D eigenvalue weighted by molar-refractivity contribution is 0.356. The molecule has 2 rings (SSSR count). The molecule has 1 aliphatic rings. The highest BCUT2D eigenvalue weighted by Gasteiger charge is 2.11. The van der Waals surface area contributed by atoms with Gasteiger partial charge >= 0.3 is 0 Å². The molecule has 1 aliphatic heterocycles. The van der Waals surface area contributed by atoms with Crippen molar-refractivity contribution in [2.75, 3.05) is 13.2 Å². The van der Waals surface area contributed by atoms with Crippen LogP contribution in [0.3, 0.4) is 0 Å². The van der Waals surface area contributed by atoms with Gasteiger partial charge < -0.3 is 14.6 Å². The van der Waals surface area contributed by atoms with Gasteiger partial charge in [0.2, 0.25) is 0 Å². The minimum atomic E-state index is 0.830. The normalized spacial score (nSPS) is 14.4. The van der Waals surface area contributed by atoms with Crippen LogP contribution in [0.1, 0.15) is 12.5 Å². The molecule has 0 aliphatic carbocycles. The molecule has 0 bridgehead atoms. The van der Waals surface area contributed by atoms with E-state index in [9.17, 15) is 0 Å². The molecule has 0 saturated carbocycles. The van der Waals surface area contributed by atoms with Gasteiger partial charge in [0.25, 0.3) is 0 Å². The quantitative estimate of drug-likeness (QED) is 0.724. The van der Waals surface area contributed by atoms with Crippen LogP contribution >= 0.6 is 0 Å². The van der Waals surface area contributed by atoms with E-state index in [1.165, 1.54) is 5.56 Å². The lowest BCUT2D eigenvalue weighted by Gasteiger charge is -1.97. The van der Waals surface area contributed by atoms with Crippen LogP contribution in [-0.2, 0) is 13.1 Å². The molecule has 0 spiro atoms. The Bertz CT molecular complexity index is 246. The third kappa shape index (κ3) is 1.32. The second kappa shape index (κ2) is 3.19. The molecule has 3 heteroatoms. The molecular weight excluding hydrogens is 152 g/mol. The fourth-order valence-corrected chi connectivity index (χ4v) is 1.46. The maximum Gasteiger partial charge on any atom is 0.193 e. The van der Waals surface area contributed by atoms with Crippen LogP contribution < -0.4 is 10.1 Å². The Labute approximate surface area is 72.3 Å². The highest BCUT2D eigenvalue weighted by atomic mass is 16.5. The first kappa shape index (κ1) is 7.68. The highest BCUT2D eigenvalue weighted by Crippen LogP contribution is 2.20. The summed E-state index contributed by atoms with van der Waals surface area (Å²) in [7, 11) is 0. The summed E-state index contributed by atoms with van der Waals surface area (Å²) in [5.74, 6) is 1.02. The van der Waals surface area contributed by atoms with Gasteiger partial charge in [0.05, 0.1) is 6.54 Å². The molecule has 66 valence electrons. The summed E-state index contributed by atoms with van der Waals surface area (Å²) in [6.07, 6.45) is 2.16. The van der Waals surface area contributed by atoms with Crippen molar-refractivity contribution < 1.29 is 4.74 Å². The Hall–Kier alpha value is -0.960. The number of nitrogens with zero attached hydrogens (tertiary/aromatic N) is 1. The zero-order valence-electron chi connectivity index (χ0n) is 7.34. The minimum Gasteiger partial charge on any atom is -0.477 e. The summed E-state index contributed by atoms with van der Waals surface area (Å²) in [6, 6.07) is 2.11. The zero-order valence-corrected chi connectivity index (χ0v) is 7.34. The summed E-state index contributed by atoms with van der Waals surface area (Å²) in [4.78, 5) is 0. The minimum absolute atomic E-state index is 0.830. The third-order valence-corrected chi connectivity index (χ3v) is 2.07. The lowest BCUT2D eigenvalue weighted by atomic mass is 10.3. The number of nitrogens with one attached hydrogen (secondary N) is 1. The van der Waals surface area contributed by atoms with Gasteiger partial charge in [-0.2, -0.15) is 0 Å². The highest BCUT2D eigenvalue weighted by molar-refractivity contribution is 5.25. The largest absolute Gasteiger partial charge is 0.477 e. The van der Waals surface area contributed by atoms with Gasteiger partial charge in [0.1, 0.15) is 6.61 Å². The Balaban J connectivity index is 2.05. The second-order valence-electron chi connectivity index (χ2n) is 3.01. The number of ether oxygens (including phenoxy) is 1. The standard InChI is InChI=1S/C9H14N2O/c1-2-10-6-8-5-9-11(7-8)3-4-12-9/h5,7,10H,2-4,6H2,1H3. The number of hydrogen-bond donors (Lipinski definition) is 1. The van der Waals surface area contributed by atoms with E-state index in [1.807, 2.05) is 0 Å². The molecule has 0 amide bonds. The van der Waals surface area contributed by atoms with Gasteiger partial charge in [-0.15, -0.1) is 0 Å². The molecule has 1 aromatic heterocycles. The fraction of sp³-hybridized carbons (Fsp3) is 0.556. The first-order valence-corrected chi connectivity index (χ1v) is 4.42. The zero-order chi connectivity index (χ0) is 8.39. The summed E-state index contributed by atoms with van der Waals surface area (Å²) in [5.41, 5.74) is 1.31. The van der Waals surface area contributed by atoms with Crippen LogP contribution in [0.4, 0.5) is 0 Å². The van der Waals surface area contributed by atoms with Crippen LogP contribution in [0, 0.1) is 0 Å². The Kier molecular flexibility index (Phi) is 2.04. The summed E-state index contributed by atoms with van der Waals surface area (Å²) < 4.78 is 7.55. The topological polar surface area (TPSA) is 26.2 Å². The average molecular weight is 166 g/mol. The molecule has 0 atom stereocenters. The first-order chi connectivity index (χ1) is 5.90. The van der Waals surface area contributed by atoms with E-state index in [0.29, 0.717) is 0 Å². The maximum absolute atomic E-state index is 5.39. The Morgan fingerprint density at radius 1 is 1.67 bits per heavy atom. The Morgan fingerprint density at radius 2 is 2.58 bits per heavy atom. The smallest absolute Gasteiger partial charge is 0.193 e. The summed E-state index contributed by atoms with van der Waals surface area (Å²) in [5, 5.41) is 3.28. The van der Waals surface area contributed by atoms with E-state index in [-0.39, 0.29) is 0 Å². The van der Waals surface area contributed by atoms with Gasteiger partial charge in [0, 0.05) is 18.8 Å². The van der Waals surface area contributed by atoms with Gasteiger partial charge in [0.15, 0.2) is 5.88 Å². The molecule has 1 aromatic rings. The average Bonchev–Trinajstić information content (AvgIpc) is 2.58. The van der Waals surface area contributed by atoms with Crippen LogP contribution in [0.5, 0.6) is 5.88 Å². The maximum atomic E-state index is 5.39. The van der Waals surface area contributed by atoms with E-state index in [4.69, 9.17) is 4.74 Å². The second-order valence-corrected chi connectivity index (χ2v) is 3.01. The Morgan fingerprint density at radius 3 is 3.33 bits per heavy atom. The molecule has 0 aromatic carbocycles. The molecule has 0 unspecified atom stereocenters. The molecule has 12 heavy (non-hydrogen) atoms. The van der Waals surface area contributed by atoms with Crippen molar-refractivity contribution in [1.82, 2.24) is 9.88 Å². The predicted molar refractivity (Wildman–Crippen MR) is 47.3 cm³/mol. The van der Waals surface area contributed by atoms with Crippen LogP contribution in [0.2, 0.25) is 0 Å².